The zero-order valence-electron chi connectivity index (χ0n) is 11.2. The molecule has 5 heteroatoms. The molecule has 0 radical (unpaired) electrons. The molecule has 2 rings (SSSR count). The molecule has 0 bridgehead atoms. The number of anilines is 1. The highest BCUT2D eigenvalue weighted by Gasteiger charge is 2.07. The van der Waals surface area contributed by atoms with Crippen LogP contribution in [0.5, 0.6) is 5.75 Å². The summed E-state index contributed by atoms with van der Waals surface area (Å²) in [6, 6.07) is 12.2. The number of nitrogens with one attached hydrogen (secondary N) is 1. The van der Waals surface area contributed by atoms with Gasteiger partial charge >= 0.3 is 0 Å². The normalized spacial score (nSPS) is 10.1. The van der Waals surface area contributed by atoms with Crippen LogP contribution in [-0.4, -0.2) is 29.2 Å². The lowest BCUT2D eigenvalue weighted by Gasteiger charge is -2.07. The van der Waals surface area contributed by atoms with Crippen LogP contribution in [0.25, 0.3) is 0 Å². The Labute approximate surface area is 117 Å². The minimum atomic E-state index is -0.252. The van der Waals surface area contributed by atoms with Crippen LogP contribution >= 0.6 is 0 Å². The standard InChI is InChI=1S/C15H16N2O3/c1-11-3-2-4-14(16-11)15(19)17-12-5-7-13(8-6-12)20-10-9-18/h2-8,18H,9-10H2,1H3,(H,17,19). The number of aryl methyl sites for hydroxylation is 1. The monoisotopic (exact) mass is 272 g/mol. The second-order valence-corrected chi connectivity index (χ2v) is 4.21. The first-order valence-electron chi connectivity index (χ1n) is 6.28. The zero-order valence-corrected chi connectivity index (χ0v) is 11.2. The Balaban J connectivity index is 2.01. The number of ether oxygens (including phenoxy) is 1. The minimum absolute atomic E-state index is 0.0302. The van der Waals surface area contributed by atoms with Crippen LogP contribution < -0.4 is 10.1 Å². The van der Waals surface area contributed by atoms with Crippen molar-refractivity contribution in [1.82, 2.24) is 4.98 Å². The van der Waals surface area contributed by atoms with Crippen molar-refractivity contribution in [3.8, 4) is 5.75 Å². The SMILES string of the molecule is Cc1cccc(C(=O)Nc2ccc(OCCO)cc2)n1. The molecule has 5 nitrogen and oxygen atoms in total. The number of rotatable bonds is 5. The van der Waals surface area contributed by atoms with Crippen LogP contribution in [-0.2, 0) is 0 Å². The molecule has 0 aliphatic heterocycles. The van der Waals surface area contributed by atoms with Gasteiger partial charge in [0, 0.05) is 11.4 Å². The number of hydrogen-bond donors (Lipinski definition) is 2. The number of benzene rings is 1. The van der Waals surface area contributed by atoms with Gasteiger partial charge in [-0.1, -0.05) is 6.07 Å². The third-order valence-corrected chi connectivity index (χ3v) is 2.59. The van der Waals surface area contributed by atoms with Gasteiger partial charge in [0.15, 0.2) is 0 Å². The van der Waals surface area contributed by atoms with Crippen molar-refractivity contribution >= 4 is 11.6 Å². The van der Waals surface area contributed by atoms with Crippen molar-refractivity contribution in [2.24, 2.45) is 0 Å². The summed E-state index contributed by atoms with van der Waals surface area (Å²) >= 11 is 0. The van der Waals surface area contributed by atoms with E-state index in [0.717, 1.165) is 5.69 Å². The Morgan fingerprint density at radius 2 is 2.00 bits per heavy atom. The average molecular weight is 272 g/mol. The molecule has 2 N–H and O–H groups in total. The van der Waals surface area contributed by atoms with Gasteiger partial charge in [0.2, 0.25) is 0 Å². The fourth-order valence-electron chi connectivity index (χ4n) is 1.66. The topological polar surface area (TPSA) is 71.5 Å². The quantitative estimate of drug-likeness (QED) is 0.873. The number of carbonyl (C=O) groups excluding carboxylic acids is 1. The molecule has 0 atom stereocenters. The van der Waals surface area contributed by atoms with Crippen LogP contribution in [0.1, 0.15) is 16.2 Å². The van der Waals surface area contributed by atoms with E-state index in [-0.39, 0.29) is 19.1 Å². The highest BCUT2D eigenvalue weighted by Crippen LogP contribution is 2.16. The van der Waals surface area contributed by atoms with Crippen LogP contribution in [0.15, 0.2) is 42.5 Å². The highest BCUT2D eigenvalue weighted by molar-refractivity contribution is 6.02. The lowest BCUT2D eigenvalue weighted by molar-refractivity contribution is 0.102. The van der Waals surface area contributed by atoms with Crippen molar-refractivity contribution in [1.29, 1.82) is 0 Å². The van der Waals surface area contributed by atoms with E-state index in [1.165, 1.54) is 0 Å². The number of hydrogen-bond acceptors (Lipinski definition) is 4. The number of nitrogens with zero attached hydrogens (tertiary/aromatic N) is 1. The maximum absolute atomic E-state index is 12.0. The van der Waals surface area contributed by atoms with Gasteiger partial charge in [0.25, 0.3) is 5.91 Å². The largest absolute Gasteiger partial charge is 0.491 e. The van der Waals surface area contributed by atoms with E-state index in [0.29, 0.717) is 17.1 Å². The molecule has 2 aromatic rings. The van der Waals surface area contributed by atoms with E-state index < -0.39 is 0 Å². The molecular weight excluding hydrogens is 256 g/mol. The summed E-state index contributed by atoms with van der Waals surface area (Å²) in [5, 5.41) is 11.4. The Hall–Kier alpha value is -2.40. The summed E-state index contributed by atoms with van der Waals surface area (Å²) in [5.74, 6) is 0.392. The summed E-state index contributed by atoms with van der Waals surface area (Å²) in [6.07, 6.45) is 0. The van der Waals surface area contributed by atoms with Crippen molar-refractivity contribution in [3.05, 3.63) is 53.9 Å². The first-order chi connectivity index (χ1) is 9.69. The van der Waals surface area contributed by atoms with Gasteiger partial charge in [-0.15, -0.1) is 0 Å². The molecule has 1 heterocycles. The first-order valence-corrected chi connectivity index (χ1v) is 6.28. The van der Waals surface area contributed by atoms with Gasteiger partial charge in [0.1, 0.15) is 18.1 Å². The second-order valence-electron chi connectivity index (χ2n) is 4.21. The van der Waals surface area contributed by atoms with Gasteiger partial charge < -0.3 is 15.2 Å². The van der Waals surface area contributed by atoms with E-state index in [1.807, 2.05) is 13.0 Å². The third kappa shape index (κ3) is 3.80. The fraction of sp³-hybridized carbons (Fsp3) is 0.200. The van der Waals surface area contributed by atoms with Crippen molar-refractivity contribution in [2.75, 3.05) is 18.5 Å². The molecule has 0 unspecified atom stereocenters. The number of aliphatic hydroxyl groups excluding tert-OH is 1. The Kier molecular flexibility index (Phi) is 4.68. The van der Waals surface area contributed by atoms with Crippen LogP contribution in [0.2, 0.25) is 0 Å². The van der Waals surface area contributed by atoms with E-state index in [2.05, 4.69) is 10.3 Å². The van der Waals surface area contributed by atoms with E-state index in [4.69, 9.17) is 9.84 Å². The maximum Gasteiger partial charge on any atom is 0.274 e. The predicted octanol–water partition coefficient (Wildman–Crippen LogP) is 2.01. The van der Waals surface area contributed by atoms with Crippen LogP contribution in [0, 0.1) is 6.92 Å². The van der Waals surface area contributed by atoms with E-state index in [1.54, 1.807) is 36.4 Å². The number of amides is 1. The number of carbonyl (C=O) groups is 1. The third-order valence-electron chi connectivity index (χ3n) is 2.59. The highest BCUT2D eigenvalue weighted by atomic mass is 16.5. The Morgan fingerprint density at radius 1 is 1.25 bits per heavy atom. The minimum Gasteiger partial charge on any atom is -0.491 e. The average Bonchev–Trinajstić information content (AvgIpc) is 2.46. The maximum atomic E-state index is 12.0. The van der Waals surface area contributed by atoms with E-state index in [9.17, 15) is 4.79 Å². The van der Waals surface area contributed by atoms with Gasteiger partial charge in [-0.05, 0) is 43.3 Å². The van der Waals surface area contributed by atoms with E-state index >= 15 is 0 Å². The number of pyridine rings is 1. The van der Waals surface area contributed by atoms with Gasteiger partial charge in [-0.3, -0.25) is 4.79 Å². The molecule has 0 fully saturated rings. The summed E-state index contributed by atoms with van der Waals surface area (Å²) in [4.78, 5) is 16.1. The molecule has 1 aromatic carbocycles. The molecule has 0 saturated heterocycles. The lowest BCUT2D eigenvalue weighted by atomic mass is 10.2. The molecule has 0 saturated carbocycles. The number of aromatic nitrogens is 1. The van der Waals surface area contributed by atoms with Gasteiger partial charge in [-0.2, -0.15) is 0 Å². The molecule has 1 aromatic heterocycles. The Morgan fingerprint density at radius 3 is 2.65 bits per heavy atom. The van der Waals surface area contributed by atoms with Gasteiger partial charge in [0.05, 0.1) is 6.61 Å². The molecule has 20 heavy (non-hydrogen) atoms. The summed E-state index contributed by atoms with van der Waals surface area (Å²) in [7, 11) is 0. The molecule has 0 aliphatic carbocycles. The van der Waals surface area contributed by atoms with Crippen LogP contribution in [0.3, 0.4) is 0 Å². The molecule has 1 amide bonds. The smallest absolute Gasteiger partial charge is 0.274 e. The molecule has 104 valence electrons. The fourth-order valence-corrected chi connectivity index (χ4v) is 1.66. The summed E-state index contributed by atoms with van der Waals surface area (Å²) in [5.41, 5.74) is 1.84. The predicted molar refractivity (Wildman–Crippen MR) is 76.0 cm³/mol. The van der Waals surface area contributed by atoms with Crippen LogP contribution in [0.4, 0.5) is 5.69 Å². The van der Waals surface area contributed by atoms with Crippen molar-refractivity contribution < 1.29 is 14.6 Å². The van der Waals surface area contributed by atoms with Crippen molar-refractivity contribution in [2.45, 2.75) is 6.92 Å². The summed E-state index contributed by atoms with van der Waals surface area (Å²) < 4.78 is 5.24. The Bertz CT molecular complexity index is 582. The first kappa shape index (κ1) is 14.0. The zero-order chi connectivity index (χ0) is 14.4. The number of aliphatic hydroxyl groups is 1. The lowest BCUT2D eigenvalue weighted by Crippen LogP contribution is -2.13. The van der Waals surface area contributed by atoms with Gasteiger partial charge in [-0.25, -0.2) is 4.98 Å². The molecule has 0 spiro atoms. The van der Waals surface area contributed by atoms with Crippen molar-refractivity contribution in [3.63, 3.8) is 0 Å². The molecular formula is C15H16N2O3. The summed E-state index contributed by atoms with van der Waals surface area (Å²) in [6.45, 7) is 2.06. The molecule has 0 aliphatic rings. The second kappa shape index (κ2) is 6.68.